The summed E-state index contributed by atoms with van der Waals surface area (Å²) >= 11 is 0. The summed E-state index contributed by atoms with van der Waals surface area (Å²) in [6.45, 7) is 3.81. The van der Waals surface area contributed by atoms with Gasteiger partial charge in [-0.2, -0.15) is 0 Å². The monoisotopic (exact) mass is 284 g/mol. The molecule has 21 heavy (non-hydrogen) atoms. The van der Waals surface area contributed by atoms with Crippen LogP contribution in [0.15, 0.2) is 36.7 Å². The smallest absolute Gasteiger partial charge is 0.234 e. The Hall–Kier alpha value is -2.76. The molecule has 0 aliphatic carbocycles. The molecule has 0 bridgehead atoms. The molecule has 0 aromatic carbocycles. The third kappa shape index (κ3) is 4.68. The van der Waals surface area contributed by atoms with Crippen LogP contribution in [0, 0.1) is 13.8 Å². The van der Waals surface area contributed by atoms with Gasteiger partial charge in [-0.3, -0.25) is 9.59 Å². The summed E-state index contributed by atoms with van der Waals surface area (Å²) in [5, 5.41) is 5.13. The Balaban J connectivity index is 1.85. The predicted octanol–water partition coefficient (Wildman–Crippen LogP) is 2.06. The summed E-state index contributed by atoms with van der Waals surface area (Å²) in [7, 11) is 0. The minimum absolute atomic E-state index is 0.287. The van der Waals surface area contributed by atoms with Gasteiger partial charge in [0.15, 0.2) is 0 Å². The first kappa shape index (κ1) is 14.6. The van der Waals surface area contributed by atoms with Crippen molar-refractivity contribution in [3.8, 4) is 0 Å². The van der Waals surface area contributed by atoms with E-state index in [1.165, 1.54) is 0 Å². The number of aryl methyl sites for hydroxylation is 2. The molecule has 0 unspecified atom stereocenters. The second-order valence-corrected chi connectivity index (χ2v) is 4.71. The molecule has 0 aliphatic heterocycles. The number of nitrogens with zero attached hydrogens (tertiary/aromatic N) is 2. The predicted molar refractivity (Wildman–Crippen MR) is 79.8 cm³/mol. The SMILES string of the molecule is Cc1ccc(NC(=O)CC(=O)Nc2ccc(C)cn2)nc1. The van der Waals surface area contributed by atoms with E-state index in [9.17, 15) is 9.59 Å². The minimum atomic E-state index is -0.420. The molecule has 2 aromatic heterocycles. The molecule has 0 saturated heterocycles. The number of carbonyl (C=O) groups excluding carboxylic acids is 2. The van der Waals surface area contributed by atoms with E-state index in [2.05, 4.69) is 20.6 Å². The molecule has 0 fully saturated rings. The molecule has 2 aromatic rings. The zero-order valence-corrected chi connectivity index (χ0v) is 11.9. The van der Waals surface area contributed by atoms with Crippen molar-refractivity contribution in [2.45, 2.75) is 20.3 Å². The Labute approximate surface area is 122 Å². The van der Waals surface area contributed by atoms with Gasteiger partial charge < -0.3 is 10.6 Å². The zero-order chi connectivity index (χ0) is 15.2. The lowest BCUT2D eigenvalue weighted by atomic mass is 10.3. The highest BCUT2D eigenvalue weighted by Crippen LogP contribution is 2.06. The van der Waals surface area contributed by atoms with E-state index in [-0.39, 0.29) is 6.42 Å². The van der Waals surface area contributed by atoms with E-state index >= 15 is 0 Å². The lowest BCUT2D eigenvalue weighted by molar-refractivity contribution is -0.123. The molecular formula is C15H16N4O2. The van der Waals surface area contributed by atoms with Gasteiger partial charge in [-0.1, -0.05) is 12.1 Å². The van der Waals surface area contributed by atoms with Gasteiger partial charge in [0.1, 0.15) is 18.1 Å². The number of hydrogen-bond acceptors (Lipinski definition) is 4. The molecular weight excluding hydrogens is 268 g/mol. The number of nitrogens with one attached hydrogen (secondary N) is 2. The molecule has 0 saturated carbocycles. The minimum Gasteiger partial charge on any atom is -0.310 e. The highest BCUT2D eigenvalue weighted by atomic mass is 16.2. The largest absolute Gasteiger partial charge is 0.310 e. The van der Waals surface area contributed by atoms with Crippen molar-refractivity contribution in [1.29, 1.82) is 0 Å². The van der Waals surface area contributed by atoms with Gasteiger partial charge in [0.2, 0.25) is 11.8 Å². The van der Waals surface area contributed by atoms with Crippen LogP contribution in [0.2, 0.25) is 0 Å². The fourth-order valence-corrected chi connectivity index (χ4v) is 1.60. The van der Waals surface area contributed by atoms with E-state index in [4.69, 9.17) is 0 Å². The summed E-state index contributed by atoms with van der Waals surface area (Å²) in [6.07, 6.45) is 3.00. The maximum atomic E-state index is 11.7. The first-order chi connectivity index (χ1) is 10.0. The van der Waals surface area contributed by atoms with Crippen LogP contribution < -0.4 is 10.6 Å². The topological polar surface area (TPSA) is 84.0 Å². The van der Waals surface area contributed by atoms with Crippen LogP contribution in [0.4, 0.5) is 11.6 Å². The summed E-state index contributed by atoms with van der Waals surface area (Å²) in [6, 6.07) is 7.04. The molecule has 2 amide bonds. The highest BCUT2D eigenvalue weighted by molar-refractivity contribution is 6.07. The Kier molecular flexibility index (Phi) is 4.61. The number of aromatic nitrogens is 2. The first-order valence-electron chi connectivity index (χ1n) is 6.48. The fraction of sp³-hybridized carbons (Fsp3) is 0.200. The second kappa shape index (κ2) is 6.60. The van der Waals surface area contributed by atoms with E-state index in [0.717, 1.165) is 11.1 Å². The number of rotatable bonds is 4. The van der Waals surface area contributed by atoms with E-state index in [1.807, 2.05) is 26.0 Å². The van der Waals surface area contributed by atoms with Crippen molar-refractivity contribution in [2.75, 3.05) is 10.6 Å². The van der Waals surface area contributed by atoms with Crippen LogP contribution in [0.1, 0.15) is 17.5 Å². The Morgan fingerprint density at radius 2 is 1.29 bits per heavy atom. The summed E-state index contributed by atoms with van der Waals surface area (Å²) in [4.78, 5) is 31.5. The summed E-state index contributed by atoms with van der Waals surface area (Å²) in [5.41, 5.74) is 1.99. The number of anilines is 2. The van der Waals surface area contributed by atoms with Gasteiger partial charge in [0, 0.05) is 12.4 Å². The molecule has 2 N–H and O–H groups in total. The van der Waals surface area contributed by atoms with Crippen molar-refractivity contribution < 1.29 is 9.59 Å². The van der Waals surface area contributed by atoms with Crippen LogP contribution in [-0.4, -0.2) is 21.8 Å². The molecule has 108 valence electrons. The quantitative estimate of drug-likeness (QED) is 0.842. The lowest BCUT2D eigenvalue weighted by Crippen LogP contribution is -2.22. The van der Waals surface area contributed by atoms with Gasteiger partial charge in [0.25, 0.3) is 0 Å². The van der Waals surface area contributed by atoms with Crippen molar-refractivity contribution >= 4 is 23.5 Å². The molecule has 6 nitrogen and oxygen atoms in total. The van der Waals surface area contributed by atoms with E-state index < -0.39 is 11.8 Å². The third-order valence-electron chi connectivity index (χ3n) is 2.68. The van der Waals surface area contributed by atoms with Gasteiger partial charge in [-0.25, -0.2) is 9.97 Å². The maximum Gasteiger partial charge on any atom is 0.234 e. The summed E-state index contributed by atoms with van der Waals surface area (Å²) in [5.74, 6) is 0.00523. The van der Waals surface area contributed by atoms with Gasteiger partial charge in [-0.15, -0.1) is 0 Å². The van der Waals surface area contributed by atoms with Crippen molar-refractivity contribution in [3.05, 3.63) is 47.8 Å². The number of amides is 2. The Morgan fingerprint density at radius 1 is 0.857 bits per heavy atom. The first-order valence-corrected chi connectivity index (χ1v) is 6.48. The molecule has 0 aliphatic rings. The average Bonchev–Trinajstić information content (AvgIpc) is 2.44. The van der Waals surface area contributed by atoms with Crippen LogP contribution in [0.25, 0.3) is 0 Å². The molecule has 2 heterocycles. The summed E-state index contributed by atoms with van der Waals surface area (Å²) < 4.78 is 0. The fourth-order valence-electron chi connectivity index (χ4n) is 1.60. The van der Waals surface area contributed by atoms with E-state index in [1.54, 1.807) is 24.5 Å². The Morgan fingerprint density at radius 3 is 1.62 bits per heavy atom. The molecule has 2 rings (SSSR count). The number of hydrogen-bond donors (Lipinski definition) is 2. The standard InChI is InChI=1S/C15H16N4O2/c1-10-3-5-12(16-8-10)18-14(20)7-15(21)19-13-6-4-11(2)9-17-13/h3-6,8-9H,7H2,1-2H3,(H,16,18,20)(H,17,19,21). The van der Waals surface area contributed by atoms with Gasteiger partial charge in [0.05, 0.1) is 0 Å². The molecule has 0 spiro atoms. The zero-order valence-electron chi connectivity index (χ0n) is 11.9. The normalized spacial score (nSPS) is 10.0. The molecule has 0 atom stereocenters. The molecule has 0 radical (unpaired) electrons. The van der Waals surface area contributed by atoms with Crippen LogP contribution >= 0.6 is 0 Å². The third-order valence-corrected chi connectivity index (χ3v) is 2.68. The van der Waals surface area contributed by atoms with Crippen molar-refractivity contribution in [1.82, 2.24) is 9.97 Å². The maximum absolute atomic E-state index is 11.7. The Bertz CT molecular complexity index is 578. The van der Waals surface area contributed by atoms with Gasteiger partial charge >= 0.3 is 0 Å². The second-order valence-electron chi connectivity index (χ2n) is 4.71. The van der Waals surface area contributed by atoms with Crippen molar-refractivity contribution in [3.63, 3.8) is 0 Å². The molecule has 6 heteroatoms. The lowest BCUT2D eigenvalue weighted by Gasteiger charge is -2.06. The van der Waals surface area contributed by atoms with Crippen LogP contribution in [-0.2, 0) is 9.59 Å². The number of carbonyl (C=O) groups is 2. The van der Waals surface area contributed by atoms with Crippen LogP contribution in [0.5, 0.6) is 0 Å². The van der Waals surface area contributed by atoms with Crippen LogP contribution in [0.3, 0.4) is 0 Å². The number of pyridine rings is 2. The average molecular weight is 284 g/mol. The van der Waals surface area contributed by atoms with Crippen molar-refractivity contribution in [2.24, 2.45) is 0 Å². The highest BCUT2D eigenvalue weighted by Gasteiger charge is 2.10. The van der Waals surface area contributed by atoms with Gasteiger partial charge in [-0.05, 0) is 37.1 Å². The van der Waals surface area contributed by atoms with E-state index in [0.29, 0.717) is 11.6 Å².